The lowest BCUT2D eigenvalue weighted by Crippen LogP contribution is -2.26. The summed E-state index contributed by atoms with van der Waals surface area (Å²) in [6.45, 7) is 2.05. The Morgan fingerprint density at radius 2 is 2.00 bits per heavy atom. The monoisotopic (exact) mass is 390 g/mol. The average molecular weight is 390 g/mol. The van der Waals surface area contributed by atoms with Crippen molar-refractivity contribution in [3.05, 3.63) is 47.4 Å². The van der Waals surface area contributed by atoms with Crippen molar-refractivity contribution < 1.29 is 17.9 Å². The van der Waals surface area contributed by atoms with Gasteiger partial charge in [-0.1, -0.05) is 12.1 Å². The van der Waals surface area contributed by atoms with Crippen molar-refractivity contribution in [2.75, 3.05) is 23.9 Å². The highest BCUT2D eigenvalue weighted by molar-refractivity contribution is 7.91. The third-order valence-electron chi connectivity index (χ3n) is 4.27. The molecule has 1 atom stereocenters. The summed E-state index contributed by atoms with van der Waals surface area (Å²) in [5.41, 5.74) is 1.17. The smallest absolute Gasteiger partial charge is 0.270 e. The number of nitrogens with zero attached hydrogens (tertiary/aromatic N) is 2. The number of hydrogen-bond donors (Lipinski definition) is 2. The van der Waals surface area contributed by atoms with Gasteiger partial charge in [-0.15, -0.1) is 0 Å². The van der Waals surface area contributed by atoms with Crippen LogP contribution in [0.4, 0.5) is 5.82 Å². The quantitative estimate of drug-likeness (QED) is 0.765. The lowest BCUT2D eigenvalue weighted by molar-refractivity contribution is 0.0945. The van der Waals surface area contributed by atoms with Gasteiger partial charge in [0.25, 0.3) is 5.91 Å². The van der Waals surface area contributed by atoms with Crippen LogP contribution in [0.5, 0.6) is 5.75 Å². The first-order valence-corrected chi connectivity index (χ1v) is 10.4. The second-order valence-corrected chi connectivity index (χ2v) is 8.69. The van der Waals surface area contributed by atoms with Crippen LogP contribution < -0.4 is 15.4 Å². The lowest BCUT2D eigenvalue weighted by Gasteiger charge is -2.13. The third kappa shape index (κ3) is 5.16. The molecule has 1 aliphatic rings. The van der Waals surface area contributed by atoms with Crippen molar-refractivity contribution in [2.45, 2.75) is 25.9 Å². The van der Waals surface area contributed by atoms with Gasteiger partial charge in [-0.2, -0.15) is 0 Å². The third-order valence-corrected chi connectivity index (χ3v) is 6.04. The molecular formula is C18H22N4O4S. The first-order chi connectivity index (χ1) is 12.8. The van der Waals surface area contributed by atoms with Gasteiger partial charge in [0.1, 0.15) is 23.1 Å². The molecule has 0 radical (unpaired) electrons. The number of hydrogen-bond acceptors (Lipinski definition) is 7. The molecule has 0 aliphatic carbocycles. The van der Waals surface area contributed by atoms with Crippen LogP contribution in [0, 0.1) is 6.92 Å². The maximum Gasteiger partial charge on any atom is 0.270 e. The van der Waals surface area contributed by atoms with E-state index >= 15 is 0 Å². The van der Waals surface area contributed by atoms with Crippen molar-refractivity contribution in [3.8, 4) is 5.75 Å². The predicted molar refractivity (Wildman–Crippen MR) is 102 cm³/mol. The standard InChI is InChI=1S/C18H22N4O4S/c1-12-20-16(9-17(21-12)22-14-7-8-27(24,25)11-14)18(23)19-10-13-3-5-15(26-2)6-4-13/h3-6,9,14H,7-8,10-11H2,1-2H3,(H,19,23)(H,20,21,22). The molecule has 0 saturated carbocycles. The first-order valence-electron chi connectivity index (χ1n) is 8.58. The summed E-state index contributed by atoms with van der Waals surface area (Å²) in [5.74, 6) is 1.58. The number of sulfone groups is 1. The average Bonchev–Trinajstić information content (AvgIpc) is 2.98. The van der Waals surface area contributed by atoms with Crippen molar-refractivity contribution in [1.29, 1.82) is 0 Å². The van der Waals surface area contributed by atoms with Gasteiger partial charge in [-0.05, 0) is 31.0 Å². The number of ether oxygens (including phenoxy) is 1. The molecule has 1 amide bonds. The van der Waals surface area contributed by atoms with Gasteiger partial charge >= 0.3 is 0 Å². The Bertz CT molecular complexity index is 929. The highest BCUT2D eigenvalue weighted by atomic mass is 32.2. The molecule has 2 heterocycles. The van der Waals surface area contributed by atoms with Gasteiger partial charge in [0.2, 0.25) is 0 Å². The van der Waals surface area contributed by atoms with E-state index in [4.69, 9.17) is 4.74 Å². The molecule has 2 aromatic rings. The molecule has 1 unspecified atom stereocenters. The number of aryl methyl sites for hydroxylation is 1. The van der Waals surface area contributed by atoms with E-state index in [-0.39, 0.29) is 29.1 Å². The number of methoxy groups -OCH3 is 1. The molecule has 1 aliphatic heterocycles. The van der Waals surface area contributed by atoms with Crippen LogP contribution >= 0.6 is 0 Å². The predicted octanol–water partition coefficient (Wildman–Crippen LogP) is 1.32. The highest BCUT2D eigenvalue weighted by Gasteiger charge is 2.28. The molecule has 8 nitrogen and oxygen atoms in total. The minimum atomic E-state index is -2.99. The molecule has 0 bridgehead atoms. The summed E-state index contributed by atoms with van der Waals surface area (Å²) in [7, 11) is -1.39. The molecule has 1 saturated heterocycles. The van der Waals surface area contributed by atoms with Crippen molar-refractivity contribution in [3.63, 3.8) is 0 Å². The first kappa shape index (κ1) is 19.1. The Balaban J connectivity index is 1.64. The number of nitrogens with one attached hydrogen (secondary N) is 2. The number of aromatic nitrogens is 2. The van der Waals surface area contributed by atoms with Gasteiger partial charge < -0.3 is 15.4 Å². The zero-order valence-electron chi connectivity index (χ0n) is 15.2. The zero-order valence-corrected chi connectivity index (χ0v) is 16.0. The number of carbonyl (C=O) groups is 1. The molecule has 1 aromatic carbocycles. The summed E-state index contributed by atoms with van der Waals surface area (Å²) in [6.07, 6.45) is 0.532. The molecule has 27 heavy (non-hydrogen) atoms. The zero-order chi connectivity index (χ0) is 19.4. The lowest BCUT2D eigenvalue weighted by atomic mass is 10.2. The van der Waals surface area contributed by atoms with Crippen molar-refractivity contribution in [1.82, 2.24) is 15.3 Å². The summed E-state index contributed by atoms with van der Waals surface area (Å²) >= 11 is 0. The molecule has 1 fully saturated rings. The van der Waals surface area contributed by atoms with Crippen LogP contribution in [0.15, 0.2) is 30.3 Å². The fraction of sp³-hybridized carbons (Fsp3) is 0.389. The second-order valence-electron chi connectivity index (χ2n) is 6.46. The Morgan fingerprint density at radius 1 is 1.26 bits per heavy atom. The fourth-order valence-corrected chi connectivity index (χ4v) is 4.57. The molecule has 1 aromatic heterocycles. The van der Waals surface area contributed by atoms with E-state index in [1.54, 1.807) is 20.1 Å². The van der Waals surface area contributed by atoms with E-state index in [1.165, 1.54) is 0 Å². The van der Waals surface area contributed by atoms with E-state index in [0.29, 0.717) is 24.6 Å². The van der Waals surface area contributed by atoms with Crippen LogP contribution in [0.25, 0.3) is 0 Å². The van der Waals surface area contributed by atoms with Crippen LogP contribution in [0.1, 0.15) is 28.3 Å². The van der Waals surface area contributed by atoms with E-state index in [9.17, 15) is 13.2 Å². The van der Waals surface area contributed by atoms with E-state index in [0.717, 1.165) is 11.3 Å². The van der Waals surface area contributed by atoms with E-state index in [2.05, 4.69) is 20.6 Å². The molecule has 144 valence electrons. The summed E-state index contributed by atoms with van der Waals surface area (Å²) in [4.78, 5) is 20.9. The summed E-state index contributed by atoms with van der Waals surface area (Å²) < 4.78 is 28.3. The van der Waals surface area contributed by atoms with Gasteiger partial charge in [-0.3, -0.25) is 4.79 Å². The number of amides is 1. The summed E-state index contributed by atoms with van der Waals surface area (Å²) in [6, 6.07) is 8.75. The molecule has 2 N–H and O–H groups in total. The second kappa shape index (κ2) is 7.91. The SMILES string of the molecule is COc1ccc(CNC(=O)c2cc(NC3CCS(=O)(=O)C3)nc(C)n2)cc1. The minimum Gasteiger partial charge on any atom is -0.497 e. The Kier molecular flexibility index (Phi) is 5.59. The van der Waals surface area contributed by atoms with Crippen molar-refractivity contribution >= 4 is 21.6 Å². The Morgan fingerprint density at radius 3 is 2.63 bits per heavy atom. The number of anilines is 1. The van der Waals surface area contributed by atoms with Crippen LogP contribution in [-0.2, 0) is 16.4 Å². The van der Waals surface area contributed by atoms with Gasteiger partial charge in [0.05, 0.1) is 18.6 Å². The van der Waals surface area contributed by atoms with Crippen LogP contribution in [0.3, 0.4) is 0 Å². The normalized spacial score (nSPS) is 18.1. The van der Waals surface area contributed by atoms with Gasteiger partial charge in [0, 0.05) is 18.7 Å². The van der Waals surface area contributed by atoms with E-state index in [1.807, 2.05) is 24.3 Å². The largest absolute Gasteiger partial charge is 0.497 e. The fourth-order valence-electron chi connectivity index (χ4n) is 2.89. The molecule has 3 rings (SSSR count). The maximum atomic E-state index is 12.4. The molecular weight excluding hydrogens is 368 g/mol. The van der Waals surface area contributed by atoms with Crippen molar-refractivity contribution in [2.24, 2.45) is 0 Å². The molecule has 0 spiro atoms. The number of carbonyl (C=O) groups excluding carboxylic acids is 1. The van der Waals surface area contributed by atoms with E-state index < -0.39 is 9.84 Å². The number of rotatable bonds is 6. The Hall–Kier alpha value is -2.68. The highest BCUT2D eigenvalue weighted by Crippen LogP contribution is 2.17. The van der Waals surface area contributed by atoms with Gasteiger partial charge in [0.15, 0.2) is 9.84 Å². The molecule has 9 heteroatoms. The Labute approximate surface area is 158 Å². The van der Waals surface area contributed by atoms with Crippen LogP contribution in [0.2, 0.25) is 0 Å². The minimum absolute atomic E-state index is 0.0784. The van der Waals surface area contributed by atoms with Crippen LogP contribution in [-0.4, -0.2) is 49.0 Å². The number of benzene rings is 1. The van der Waals surface area contributed by atoms with Gasteiger partial charge in [-0.25, -0.2) is 18.4 Å². The maximum absolute atomic E-state index is 12.4. The summed E-state index contributed by atoms with van der Waals surface area (Å²) in [5, 5.41) is 5.92. The topological polar surface area (TPSA) is 110 Å².